The van der Waals surface area contributed by atoms with Crippen LogP contribution in [0.4, 0.5) is 5.13 Å². The summed E-state index contributed by atoms with van der Waals surface area (Å²) in [5.74, 6) is 1.92. The summed E-state index contributed by atoms with van der Waals surface area (Å²) in [7, 11) is 0. The van der Waals surface area contributed by atoms with Crippen molar-refractivity contribution in [2.45, 2.75) is 26.8 Å². The molecule has 26 heavy (non-hydrogen) atoms. The fourth-order valence-electron chi connectivity index (χ4n) is 3.42. The lowest BCUT2D eigenvalue weighted by Gasteiger charge is -2.34. The van der Waals surface area contributed by atoms with Crippen molar-refractivity contribution in [3.05, 3.63) is 39.8 Å². The highest BCUT2D eigenvalue weighted by atomic mass is 79.9. The van der Waals surface area contributed by atoms with E-state index in [0.717, 1.165) is 41.6 Å². The Labute approximate surface area is 166 Å². The van der Waals surface area contributed by atoms with Crippen LogP contribution in [0.2, 0.25) is 0 Å². The van der Waals surface area contributed by atoms with Gasteiger partial charge in [-0.1, -0.05) is 29.8 Å². The van der Waals surface area contributed by atoms with E-state index in [1.54, 1.807) is 0 Å². The van der Waals surface area contributed by atoms with Gasteiger partial charge in [0.05, 0.1) is 5.69 Å². The summed E-state index contributed by atoms with van der Waals surface area (Å²) in [6.45, 7) is 7.66. The minimum Gasteiger partial charge on any atom is -0.484 e. The number of hydrogen-bond acceptors (Lipinski definition) is 5. The molecule has 5 nitrogen and oxygen atoms in total. The maximum atomic E-state index is 12.0. The lowest BCUT2D eigenvalue weighted by molar-refractivity contribution is -0.118. The molecular formula is C19H24BrN3O2S. The average Bonchev–Trinajstić information content (AvgIpc) is 3.00. The average molecular weight is 438 g/mol. The van der Waals surface area contributed by atoms with Gasteiger partial charge in [-0.15, -0.1) is 11.3 Å². The van der Waals surface area contributed by atoms with Gasteiger partial charge in [-0.2, -0.15) is 0 Å². The van der Waals surface area contributed by atoms with Crippen LogP contribution in [0.1, 0.15) is 26.0 Å². The largest absolute Gasteiger partial charge is 0.484 e. The topological polar surface area (TPSA) is 54.5 Å². The van der Waals surface area contributed by atoms with Crippen molar-refractivity contribution in [3.8, 4) is 5.75 Å². The summed E-state index contributed by atoms with van der Waals surface area (Å²) in [5, 5.41) is 5.46. The van der Waals surface area contributed by atoms with Crippen molar-refractivity contribution in [2.24, 2.45) is 11.8 Å². The van der Waals surface area contributed by atoms with E-state index in [-0.39, 0.29) is 12.5 Å². The first-order valence-corrected chi connectivity index (χ1v) is 10.5. The molecule has 3 rings (SSSR count). The molecule has 140 valence electrons. The Kier molecular flexibility index (Phi) is 6.67. The third-order valence-electron chi connectivity index (χ3n) is 4.31. The van der Waals surface area contributed by atoms with Gasteiger partial charge < -0.3 is 4.74 Å². The Hall–Kier alpha value is -1.44. The Morgan fingerprint density at radius 3 is 2.69 bits per heavy atom. The first-order chi connectivity index (χ1) is 12.5. The number of likely N-dealkylation sites (tertiary alicyclic amines) is 1. The third-order valence-corrected chi connectivity index (χ3v) is 5.65. The normalized spacial score (nSPS) is 20.7. The highest BCUT2D eigenvalue weighted by Crippen LogP contribution is 2.24. The number of carbonyl (C=O) groups excluding carboxylic acids is 1. The summed E-state index contributed by atoms with van der Waals surface area (Å²) in [5.41, 5.74) is 1.01. The van der Waals surface area contributed by atoms with Gasteiger partial charge in [0, 0.05) is 29.5 Å². The van der Waals surface area contributed by atoms with Crippen LogP contribution in [-0.2, 0) is 11.3 Å². The van der Waals surface area contributed by atoms with E-state index in [9.17, 15) is 4.79 Å². The zero-order valence-corrected chi connectivity index (χ0v) is 17.5. The van der Waals surface area contributed by atoms with Crippen molar-refractivity contribution in [1.29, 1.82) is 0 Å². The number of nitrogens with zero attached hydrogens (tertiary/aromatic N) is 2. The molecule has 0 spiro atoms. The highest BCUT2D eigenvalue weighted by Gasteiger charge is 2.22. The van der Waals surface area contributed by atoms with Crippen LogP contribution in [0.3, 0.4) is 0 Å². The quantitative estimate of drug-likeness (QED) is 0.727. The van der Waals surface area contributed by atoms with E-state index < -0.39 is 0 Å². The Bertz CT molecular complexity index is 725. The molecule has 2 heterocycles. The zero-order valence-electron chi connectivity index (χ0n) is 15.1. The number of carbonyl (C=O) groups is 1. The van der Waals surface area contributed by atoms with Crippen LogP contribution in [0, 0.1) is 11.8 Å². The van der Waals surface area contributed by atoms with Gasteiger partial charge in [0.2, 0.25) is 0 Å². The monoisotopic (exact) mass is 437 g/mol. The molecule has 1 aliphatic rings. The number of thiazole rings is 1. The maximum absolute atomic E-state index is 12.0. The number of hydrogen-bond donors (Lipinski definition) is 1. The van der Waals surface area contributed by atoms with Crippen LogP contribution < -0.4 is 10.1 Å². The fourth-order valence-corrected chi connectivity index (χ4v) is 4.40. The molecule has 1 fully saturated rings. The van der Waals surface area contributed by atoms with Crippen LogP contribution in [0.15, 0.2) is 34.1 Å². The first-order valence-electron chi connectivity index (χ1n) is 8.83. The smallest absolute Gasteiger partial charge is 0.264 e. The Morgan fingerprint density at radius 1 is 1.31 bits per heavy atom. The Morgan fingerprint density at radius 2 is 2.00 bits per heavy atom. The van der Waals surface area contributed by atoms with Gasteiger partial charge in [0.15, 0.2) is 11.7 Å². The molecular weight excluding hydrogens is 414 g/mol. The summed E-state index contributed by atoms with van der Waals surface area (Å²) in [6.07, 6.45) is 1.30. The number of anilines is 1. The minimum atomic E-state index is -0.200. The van der Waals surface area contributed by atoms with Crippen LogP contribution in [-0.4, -0.2) is 35.5 Å². The number of piperidine rings is 1. The minimum absolute atomic E-state index is 0.0301. The molecule has 0 radical (unpaired) electrons. The molecule has 0 aliphatic carbocycles. The molecule has 2 aromatic rings. The number of halogens is 1. The van der Waals surface area contributed by atoms with Crippen molar-refractivity contribution in [1.82, 2.24) is 9.88 Å². The van der Waals surface area contributed by atoms with Crippen LogP contribution >= 0.6 is 27.3 Å². The molecule has 1 aromatic heterocycles. The molecule has 0 bridgehead atoms. The highest BCUT2D eigenvalue weighted by molar-refractivity contribution is 9.10. The molecule has 2 atom stereocenters. The standard InChI is InChI=1S/C19H24BrN3O2S/c1-13-7-14(2)9-23(8-13)10-16-12-26-19(21-16)22-18(24)11-25-17-5-3-15(20)4-6-17/h3-6,12-14H,7-11H2,1-2H3,(H,21,22,24)/t13-,14+. The summed E-state index contributed by atoms with van der Waals surface area (Å²) in [4.78, 5) is 19.0. The molecule has 0 unspecified atom stereocenters. The van der Waals surface area contributed by atoms with E-state index in [1.807, 2.05) is 29.6 Å². The second-order valence-electron chi connectivity index (χ2n) is 7.07. The maximum Gasteiger partial charge on any atom is 0.264 e. The predicted octanol–water partition coefficient (Wildman–Crippen LogP) is 4.40. The van der Waals surface area contributed by atoms with Gasteiger partial charge in [0.1, 0.15) is 5.75 Å². The summed E-state index contributed by atoms with van der Waals surface area (Å²) in [6, 6.07) is 7.39. The summed E-state index contributed by atoms with van der Waals surface area (Å²) >= 11 is 4.83. The van der Waals surface area contributed by atoms with E-state index in [4.69, 9.17) is 4.74 Å². The Balaban J connectivity index is 1.46. The molecule has 1 saturated heterocycles. The van der Waals surface area contributed by atoms with Crippen LogP contribution in [0.25, 0.3) is 0 Å². The van der Waals surface area contributed by atoms with Gasteiger partial charge in [-0.3, -0.25) is 15.0 Å². The number of aromatic nitrogens is 1. The number of rotatable bonds is 6. The van der Waals surface area contributed by atoms with Gasteiger partial charge >= 0.3 is 0 Å². The lowest BCUT2D eigenvalue weighted by Crippen LogP contribution is -2.38. The van der Waals surface area contributed by atoms with Gasteiger partial charge in [-0.25, -0.2) is 4.98 Å². The number of nitrogens with one attached hydrogen (secondary N) is 1. The molecule has 1 amide bonds. The van der Waals surface area contributed by atoms with Crippen molar-refractivity contribution >= 4 is 38.3 Å². The predicted molar refractivity (Wildman–Crippen MR) is 109 cm³/mol. The fraction of sp³-hybridized carbons (Fsp3) is 0.474. The van der Waals surface area contributed by atoms with Crippen molar-refractivity contribution in [3.63, 3.8) is 0 Å². The molecule has 1 N–H and O–H groups in total. The zero-order chi connectivity index (χ0) is 18.5. The third kappa shape index (κ3) is 5.79. The summed E-state index contributed by atoms with van der Waals surface area (Å²) < 4.78 is 6.46. The second kappa shape index (κ2) is 8.97. The number of benzene rings is 1. The molecule has 0 saturated carbocycles. The van der Waals surface area contributed by atoms with E-state index in [0.29, 0.717) is 10.9 Å². The van der Waals surface area contributed by atoms with Gasteiger partial charge in [0.25, 0.3) is 5.91 Å². The van der Waals surface area contributed by atoms with E-state index in [1.165, 1.54) is 17.8 Å². The second-order valence-corrected chi connectivity index (χ2v) is 8.85. The number of amides is 1. The molecule has 1 aliphatic heterocycles. The van der Waals surface area contributed by atoms with E-state index in [2.05, 4.69) is 45.0 Å². The van der Waals surface area contributed by atoms with E-state index >= 15 is 0 Å². The van der Waals surface area contributed by atoms with Crippen molar-refractivity contribution in [2.75, 3.05) is 25.0 Å². The van der Waals surface area contributed by atoms with Crippen LogP contribution in [0.5, 0.6) is 5.75 Å². The molecule has 1 aromatic carbocycles. The molecule has 7 heteroatoms. The first kappa shape index (κ1) is 19.3. The van der Waals surface area contributed by atoms with Gasteiger partial charge in [-0.05, 0) is 42.5 Å². The SMILES string of the molecule is C[C@@H]1C[C@H](C)CN(Cc2csc(NC(=O)COc3ccc(Br)cc3)n2)C1. The lowest BCUT2D eigenvalue weighted by atomic mass is 9.92. The van der Waals surface area contributed by atoms with Crippen molar-refractivity contribution < 1.29 is 9.53 Å². The number of ether oxygens (including phenoxy) is 1.